The second-order valence-corrected chi connectivity index (χ2v) is 2.81. The van der Waals surface area contributed by atoms with Crippen molar-refractivity contribution in [1.29, 1.82) is 0 Å². The van der Waals surface area contributed by atoms with Crippen molar-refractivity contribution in [2.75, 3.05) is 0 Å². The third-order valence-electron chi connectivity index (χ3n) is 1.70. The molecule has 1 aromatic carbocycles. The molecule has 0 unspecified atom stereocenters. The van der Waals surface area contributed by atoms with E-state index in [1.807, 2.05) is 0 Å². The third-order valence-corrected chi connectivity index (χ3v) is 1.77. The minimum Gasteiger partial charge on any atom is -0.319 e. The number of carbonyl (C=O) groups excluding carboxylic acids is 1. The Kier molecular flexibility index (Phi) is 3.28. The predicted octanol–water partition coefficient (Wildman–Crippen LogP) is 2.66. The van der Waals surface area contributed by atoms with Crippen LogP contribution in [0.15, 0.2) is 18.2 Å². The van der Waals surface area contributed by atoms with E-state index in [4.69, 9.17) is 11.9 Å². The first-order valence-electron chi connectivity index (χ1n) is 3.72. The maximum atomic E-state index is 11.0. The van der Waals surface area contributed by atoms with E-state index >= 15 is 0 Å². The number of aryl methyl sites for hydroxylation is 1. The standard InChI is InChI=1S/C9H9ClO3/c1-6-5-8(7(2)11)3-4-9(6)12-13-10/h3-5H,1-2H3. The van der Waals surface area contributed by atoms with Crippen molar-refractivity contribution in [3.63, 3.8) is 0 Å². The zero-order chi connectivity index (χ0) is 9.84. The van der Waals surface area contributed by atoms with E-state index in [-0.39, 0.29) is 5.78 Å². The Bertz CT molecular complexity index is 323. The Morgan fingerprint density at radius 3 is 2.62 bits per heavy atom. The van der Waals surface area contributed by atoms with Crippen LogP contribution in [0.4, 0.5) is 0 Å². The number of ketones is 1. The highest BCUT2D eigenvalue weighted by Crippen LogP contribution is 2.19. The fraction of sp³-hybridized carbons (Fsp3) is 0.222. The van der Waals surface area contributed by atoms with Gasteiger partial charge in [0.2, 0.25) is 0 Å². The SMILES string of the molecule is CC(=O)c1ccc(OOCl)c(C)c1. The van der Waals surface area contributed by atoms with Crippen LogP contribution in [0, 0.1) is 6.92 Å². The number of halogens is 1. The van der Waals surface area contributed by atoms with Crippen LogP contribution >= 0.6 is 11.9 Å². The molecule has 0 heterocycles. The molecule has 1 rings (SSSR count). The van der Waals surface area contributed by atoms with Gasteiger partial charge in [0, 0.05) is 5.56 Å². The summed E-state index contributed by atoms with van der Waals surface area (Å²) in [5.74, 6) is 0.515. The first kappa shape index (κ1) is 10.0. The highest BCUT2D eigenvalue weighted by atomic mass is 35.5. The summed E-state index contributed by atoms with van der Waals surface area (Å²) in [7, 11) is 0. The summed E-state index contributed by atoms with van der Waals surface area (Å²) in [5, 5.41) is 0. The molecule has 70 valence electrons. The Morgan fingerprint density at radius 1 is 1.46 bits per heavy atom. The van der Waals surface area contributed by atoms with Gasteiger partial charge in [0.25, 0.3) is 0 Å². The maximum absolute atomic E-state index is 11.0. The third kappa shape index (κ3) is 2.44. The van der Waals surface area contributed by atoms with Gasteiger partial charge in [-0.15, -0.1) is 0 Å². The topological polar surface area (TPSA) is 35.5 Å². The molecule has 0 atom stereocenters. The largest absolute Gasteiger partial charge is 0.319 e. The molecule has 3 nitrogen and oxygen atoms in total. The van der Waals surface area contributed by atoms with Gasteiger partial charge < -0.3 is 4.89 Å². The number of carbonyl (C=O) groups is 1. The minimum atomic E-state index is 0.0152. The Morgan fingerprint density at radius 2 is 2.15 bits per heavy atom. The Labute approximate surface area is 81.3 Å². The van der Waals surface area contributed by atoms with Gasteiger partial charge in [0.05, 0.1) is 0 Å². The van der Waals surface area contributed by atoms with E-state index in [2.05, 4.69) is 9.33 Å². The molecule has 0 aliphatic rings. The van der Waals surface area contributed by atoms with Crippen LogP contribution < -0.4 is 4.89 Å². The summed E-state index contributed by atoms with van der Waals surface area (Å²) >= 11 is 4.92. The van der Waals surface area contributed by atoms with Crippen LogP contribution in [0.1, 0.15) is 22.8 Å². The molecule has 0 bridgehead atoms. The first-order chi connectivity index (χ1) is 6.15. The van der Waals surface area contributed by atoms with E-state index in [0.717, 1.165) is 5.56 Å². The van der Waals surface area contributed by atoms with E-state index in [0.29, 0.717) is 11.3 Å². The van der Waals surface area contributed by atoms with Crippen molar-refractivity contribution in [2.24, 2.45) is 0 Å². The number of rotatable bonds is 3. The van der Waals surface area contributed by atoms with Crippen LogP contribution in [-0.2, 0) is 4.44 Å². The average molecular weight is 201 g/mol. The van der Waals surface area contributed by atoms with Gasteiger partial charge in [-0.25, -0.2) is 0 Å². The van der Waals surface area contributed by atoms with E-state index in [1.54, 1.807) is 25.1 Å². The number of Topliss-reactive ketones (excluding diaryl/α,β-unsaturated/α-hetero) is 1. The molecule has 0 aliphatic heterocycles. The molecule has 13 heavy (non-hydrogen) atoms. The van der Waals surface area contributed by atoms with Gasteiger partial charge in [0.1, 0.15) is 11.9 Å². The summed E-state index contributed by atoms with van der Waals surface area (Å²) in [6.07, 6.45) is 0. The molecule has 0 aromatic heterocycles. The summed E-state index contributed by atoms with van der Waals surface area (Å²) in [6.45, 7) is 3.31. The molecule has 0 saturated carbocycles. The molecule has 0 radical (unpaired) electrons. The summed E-state index contributed by atoms with van der Waals surface area (Å²) in [6, 6.07) is 5.00. The minimum absolute atomic E-state index is 0.0152. The number of hydrogen-bond acceptors (Lipinski definition) is 3. The molecule has 4 heteroatoms. The van der Waals surface area contributed by atoms with Crippen molar-refractivity contribution < 1.29 is 14.1 Å². The highest BCUT2D eigenvalue weighted by molar-refractivity contribution is 6.06. The quantitative estimate of drug-likeness (QED) is 0.428. The van der Waals surface area contributed by atoms with Crippen LogP contribution in [0.5, 0.6) is 5.75 Å². The molecule has 0 aliphatic carbocycles. The molecular weight excluding hydrogens is 192 g/mol. The second kappa shape index (κ2) is 4.25. The number of hydrogen-bond donors (Lipinski definition) is 0. The average Bonchev–Trinajstić information content (AvgIpc) is 2.08. The van der Waals surface area contributed by atoms with Gasteiger partial charge >= 0.3 is 0 Å². The van der Waals surface area contributed by atoms with Gasteiger partial charge in [-0.05, 0) is 37.6 Å². The van der Waals surface area contributed by atoms with Crippen LogP contribution in [-0.4, -0.2) is 5.78 Å². The van der Waals surface area contributed by atoms with Crippen molar-refractivity contribution in [1.82, 2.24) is 0 Å². The molecule has 0 saturated heterocycles. The Balaban J connectivity index is 2.98. The zero-order valence-electron chi connectivity index (χ0n) is 7.33. The summed E-state index contributed by atoms with van der Waals surface area (Å²) in [5.41, 5.74) is 1.44. The number of benzene rings is 1. The van der Waals surface area contributed by atoms with Crippen molar-refractivity contribution in [3.05, 3.63) is 29.3 Å². The molecular formula is C9H9ClO3. The summed E-state index contributed by atoms with van der Waals surface area (Å²) < 4.78 is 4.00. The summed E-state index contributed by atoms with van der Waals surface area (Å²) in [4.78, 5) is 15.6. The van der Waals surface area contributed by atoms with Gasteiger partial charge in [-0.3, -0.25) is 4.79 Å². The van der Waals surface area contributed by atoms with Gasteiger partial charge in [0.15, 0.2) is 11.5 Å². The lowest BCUT2D eigenvalue weighted by molar-refractivity contribution is -0.0924. The maximum Gasteiger partial charge on any atom is 0.170 e. The molecule has 0 fully saturated rings. The van der Waals surface area contributed by atoms with E-state index < -0.39 is 0 Å². The molecule has 0 N–H and O–H groups in total. The van der Waals surface area contributed by atoms with E-state index in [9.17, 15) is 4.79 Å². The van der Waals surface area contributed by atoms with Crippen molar-refractivity contribution >= 4 is 17.6 Å². The second-order valence-electron chi connectivity index (χ2n) is 2.68. The smallest absolute Gasteiger partial charge is 0.170 e. The fourth-order valence-electron chi connectivity index (χ4n) is 0.996. The Hall–Kier alpha value is -1.06. The fourth-order valence-corrected chi connectivity index (χ4v) is 1.06. The predicted molar refractivity (Wildman–Crippen MR) is 48.7 cm³/mol. The van der Waals surface area contributed by atoms with Crippen LogP contribution in [0.3, 0.4) is 0 Å². The van der Waals surface area contributed by atoms with Crippen molar-refractivity contribution in [3.8, 4) is 5.75 Å². The lowest BCUT2D eigenvalue weighted by atomic mass is 10.1. The monoisotopic (exact) mass is 200 g/mol. The first-order valence-corrected chi connectivity index (χ1v) is 4.03. The van der Waals surface area contributed by atoms with E-state index in [1.165, 1.54) is 6.92 Å². The highest BCUT2D eigenvalue weighted by Gasteiger charge is 2.04. The normalized spacial score (nSPS) is 9.77. The molecule has 0 amide bonds. The lowest BCUT2D eigenvalue weighted by Gasteiger charge is -2.03. The van der Waals surface area contributed by atoms with Crippen LogP contribution in [0.2, 0.25) is 0 Å². The zero-order valence-corrected chi connectivity index (χ0v) is 8.09. The molecule has 1 aromatic rings. The lowest BCUT2D eigenvalue weighted by Crippen LogP contribution is -1.95. The van der Waals surface area contributed by atoms with Gasteiger partial charge in [-0.1, -0.05) is 4.44 Å². The van der Waals surface area contributed by atoms with Crippen molar-refractivity contribution in [2.45, 2.75) is 13.8 Å². The van der Waals surface area contributed by atoms with Crippen LogP contribution in [0.25, 0.3) is 0 Å². The van der Waals surface area contributed by atoms with Gasteiger partial charge in [-0.2, -0.15) is 0 Å². The molecule has 0 spiro atoms.